The number of halogens is 3. The Labute approximate surface area is 184 Å². The molecule has 0 unspecified atom stereocenters. The molecule has 0 spiro atoms. The minimum atomic E-state index is -4.80. The molecule has 1 amide bonds. The number of benzene rings is 1. The average molecular weight is 450 g/mol. The van der Waals surface area contributed by atoms with Crippen LogP contribution in [0.1, 0.15) is 10.4 Å². The van der Waals surface area contributed by atoms with E-state index in [4.69, 9.17) is 0 Å². The smallest absolute Gasteiger partial charge is 0.406 e. The van der Waals surface area contributed by atoms with Crippen molar-refractivity contribution >= 4 is 17.5 Å². The van der Waals surface area contributed by atoms with Gasteiger partial charge in [0.2, 0.25) is 0 Å². The molecular weight excluding hydrogens is 425 g/mol. The Morgan fingerprint density at radius 3 is 2.09 bits per heavy atom. The van der Waals surface area contributed by atoms with Gasteiger partial charge in [0, 0.05) is 64.0 Å². The number of hydrogen-bond acceptors (Lipinski definition) is 7. The lowest BCUT2D eigenvalue weighted by Gasteiger charge is -2.36. The lowest BCUT2D eigenvalue weighted by Crippen LogP contribution is -2.49. The Hall–Kier alpha value is -3.08. The van der Waals surface area contributed by atoms with Gasteiger partial charge >= 0.3 is 6.36 Å². The summed E-state index contributed by atoms with van der Waals surface area (Å²) in [6.45, 7) is 5.81. The third-order valence-electron chi connectivity index (χ3n) is 5.67. The maximum Gasteiger partial charge on any atom is 0.573 e. The zero-order chi connectivity index (χ0) is 22.7. The van der Waals surface area contributed by atoms with E-state index in [1.807, 2.05) is 6.07 Å². The van der Waals surface area contributed by atoms with E-state index in [-0.39, 0.29) is 11.5 Å². The first-order valence-corrected chi connectivity index (χ1v) is 10.4. The lowest BCUT2D eigenvalue weighted by molar-refractivity contribution is -0.274. The number of carbonyl (C=O) groups is 1. The van der Waals surface area contributed by atoms with Crippen molar-refractivity contribution < 1.29 is 22.7 Å². The molecule has 2 aromatic rings. The van der Waals surface area contributed by atoms with Crippen LogP contribution in [0.15, 0.2) is 36.7 Å². The Bertz CT molecular complexity index is 941. The van der Waals surface area contributed by atoms with Gasteiger partial charge in [-0.15, -0.1) is 13.2 Å². The van der Waals surface area contributed by atoms with Crippen LogP contribution in [0, 0.1) is 0 Å². The van der Waals surface area contributed by atoms with Crippen molar-refractivity contribution in [2.75, 3.05) is 69.2 Å². The number of ether oxygens (including phenoxy) is 1. The summed E-state index contributed by atoms with van der Waals surface area (Å²) in [5, 5.41) is 0. The summed E-state index contributed by atoms with van der Waals surface area (Å²) in [5.41, 5.74) is 0.166. The zero-order valence-corrected chi connectivity index (χ0v) is 17.8. The standard InChI is InChI=1S/C21H25F3N6O2/c1-27-5-7-28(8-6-27)18-14-19(26-15-25-18)29-9-11-30(12-10-29)20(31)16-3-2-4-17(13-16)32-21(22,23)24/h2-4,13-15H,5-12H2,1H3. The Morgan fingerprint density at radius 2 is 1.50 bits per heavy atom. The van der Waals surface area contributed by atoms with Gasteiger partial charge in [-0.2, -0.15) is 0 Å². The van der Waals surface area contributed by atoms with Crippen LogP contribution >= 0.6 is 0 Å². The number of nitrogens with zero attached hydrogens (tertiary/aromatic N) is 6. The average Bonchev–Trinajstić information content (AvgIpc) is 2.78. The van der Waals surface area contributed by atoms with Crippen molar-refractivity contribution in [1.29, 1.82) is 0 Å². The summed E-state index contributed by atoms with van der Waals surface area (Å²) in [6.07, 6.45) is -3.24. The molecule has 1 aromatic heterocycles. The van der Waals surface area contributed by atoms with Crippen LogP contribution in [0.5, 0.6) is 5.75 Å². The molecule has 172 valence electrons. The second kappa shape index (κ2) is 9.19. The van der Waals surface area contributed by atoms with Gasteiger partial charge in [0.05, 0.1) is 0 Å². The quantitative estimate of drug-likeness (QED) is 0.707. The van der Waals surface area contributed by atoms with Crippen molar-refractivity contribution in [1.82, 2.24) is 19.8 Å². The number of anilines is 2. The molecule has 4 rings (SSSR count). The first kappa shape index (κ1) is 22.1. The first-order chi connectivity index (χ1) is 15.3. The number of likely N-dealkylation sites (N-methyl/N-ethyl adjacent to an activating group) is 1. The van der Waals surface area contributed by atoms with E-state index in [2.05, 4.69) is 36.5 Å². The van der Waals surface area contributed by atoms with Crippen molar-refractivity contribution in [3.05, 3.63) is 42.2 Å². The molecule has 2 saturated heterocycles. The van der Waals surface area contributed by atoms with Crippen LogP contribution in [0.2, 0.25) is 0 Å². The number of piperazine rings is 2. The monoisotopic (exact) mass is 450 g/mol. The molecule has 0 radical (unpaired) electrons. The molecule has 2 aliphatic heterocycles. The van der Waals surface area contributed by atoms with Gasteiger partial charge in [0.25, 0.3) is 5.91 Å². The highest BCUT2D eigenvalue weighted by Crippen LogP contribution is 2.25. The molecule has 2 aliphatic rings. The van der Waals surface area contributed by atoms with Gasteiger partial charge in [0.15, 0.2) is 0 Å². The van der Waals surface area contributed by atoms with E-state index >= 15 is 0 Å². The molecule has 11 heteroatoms. The number of amides is 1. The molecular formula is C21H25F3N6O2. The van der Waals surface area contributed by atoms with Crippen LogP contribution in [-0.2, 0) is 0 Å². The molecule has 1 aromatic carbocycles. The fourth-order valence-corrected chi connectivity index (χ4v) is 3.87. The molecule has 0 N–H and O–H groups in total. The number of hydrogen-bond donors (Lipinski definition) is 0. The van der Waals surface area contributed by atoms with Crippen LogP contribution in [0.3, 0.4) is 0 Å². The number of carbonyl (C=O) groups excluding carboxylic acids is 1. The molecule has 3 heterocycles. The van der Waals surface area contributed by atoms with Gasteiger partial charge in [-0.05, 0) is 25.2 Å². The van der Waals surface area contributed by atoms with Crippen molar-refractivity contribution in [2.45, 2.75) is 6.36 Å². The second-order valence-corrected chi connectivity index (χ2v) is 7.88. The molecule has 0 bridgehead atoms. The van der Waals surface area contributed by atoms with Gasteiger partial charge in [0.1, 0.15) is 23.7 Å². The highest BCUT2D eigenvalue weighted by atomic mass is 19.4. The van der Waals surface area contributed by atoms with Crippen molar-refractivity contribution in [3.63, 3.8) is 0 Å². The van der Waals surface area contributed by atoms with E-state index in [1.54, 1.807) is 11.2 Å². The fraction of sp³-hybridized carbons (Fsp3) is 0.476. The van der Waals surface area contributed by atoms with Crippen molar-refractivity contribution in [2.24, 2.45) is 0 Å². The Balaban J connectivity index is 1.37. The summed E-state index contributed by atoms with van der Waals surface area (Å²) >= 11 is 0. The normalized spacial score (nSPS) is 18.1. The minimum Gasteiger partial charge on any atom is -0.406 e. The maximum atomic E-state index is 12.8. The van der Waals surface area contributed by atoms with E-state index in [9.17, 15) is 18.0 Å². The number of rotatable bonds is 4. The Morgan fingerprint density at radius 1 is 0.906 bits per heavy atom. The van der Waals surface area contributed by atoms with Crippen molar-refractivity contribution in [3.8, 4) is 5.75 Å². The van der Waals surface area contributed by atoms with Crippen LogP contribution in [-0.4, -0.2) is 91.4 Å². The summed E-state index contributed by atoms with van der Waals surface area (Å²) in [7, 11) is 2.10. The van der Waals surface area contributed by atoms with E-state index in [1.165, 1.54) is 18.2 Å². The second-order valence-electron chi connectivity index (χ2n) is 7.88. The summed E-state index contributed by atoms with van der Waals surface area (Å²) in [5.74, 6) is 0.974. The summed E-state index contributed by atoms with van der Waals surface area (Å²) < 4.78 is 41.3. The van der Waals surface area contributed by atoms with Crippen LogP contribution < -0.4 is 14.5 Å². The summed E-state index contributed by atoms with van der Waals surface area (Å²) in [6, 6.07) is 7.14. The van der Waals surface area contributed by atoms with Gasteiger partial charge in [-0.3, -0.25) is 4.79 Å². The van der Waals surface area contributed by atoms with Gasteiger partial charge in [-0.25, -0.2) is 9.97 Å². The molecule has 2 fully saturated rings. The fourth-order valence-electron chi connectivity index (χ4n) is 3.87. The van der Waals surface area contributed by atoms with Crippen LogP contribution in [0.25, 0.3) is 0 Å². The van der Waals surface area contributed by atoms with E-state index < -0.39 is 12.1 Å². The lowest BCUT2D eigenvalue weighted by atomic mass is 10.1. The van der Waals surface area contributed by atoms with E-state index in [0.717, 1.165) is 43.9 Å². The molecule has 32 heavy (non-hydrogen) atoms. The van der Waals surface area contributed by atoms with E-state index in [0.29, 0.717) is 26.2 Å². The predicted molar refractivity (Wildman–Crippen MR) is 113 cm³/mol. The third kappa shape index (κ3) is 5.39. The minimum absolute atomic E-state index is 0.166. The zero-order valence-electron chi connectivity index (χ0n) is 17.8. The number of aromatic nitrogens is 2. The number of alkyl halides is 3. The molecule has 0 aliphatic carbocycles. The molecule has 8 nitrogen and oxygen atoms in total. The predicted octanol–water partition coefficient (Wildman–Crippen LogP) is 2.09. The first-order valence-electron chi connectivity index (χ1n) is 10.4. The van der Waals surface area contributed by atoms with Gasteiger partial charge in [-0.1, -0.05) is 6.07 Å². The maximum absolute atomic E-state index is 12.8. The molecule has 0 saturated carbocycles. The Kier molecular flexibility index (Phi) is 6.35. The largest absolute Gasteiger partial charge is 0.573 e. The third-order valence-corrected chi connectivity index (χ3v) is 5.67. The highest BCUT2D eigenvalue weighted by molar-refractivity contribution is 5.94. The highest BCUT2D eigenvalue weighted by Gasteiger charge is 2.31. The van der Waals surface area contributed by atoms with Gasteiger partial charge < -0.3 is 24.3 Å². The topological polar surface area (TPSA) is 65.0 Å². The SMILES string of the molecule is CN1CCN(c2cc(N3CCN(C(=O)c4cccc(OC(F)(F)F)c4)CC3)ncn2)CC1. The molecule has 0 atom stereocenters. The van der Waals surface area contributed by atoms with Crippen LogP contribution in [0.4, 0.5) is 24.8 Å². The summed E-state index contributed by atoms with van der Waals surface area (Å²) in [4.78, 5) is 29.8.